The third-order valence-electron chi connectivity index (χ3n) is 6.11. The van der Waals surface area contributed by atoms with Crippen LogP contribution in [-0.4, -0.2) is 23.5 Å². The Labute approximate surface area is 259 Å². The molecule has 214 valence electrons. The minimum absolute atomic E-state index is 0.00556. The zero-order valence-corrected chi connectivity index (χ0v) is 25.3. The van der Waals surface area contributed by atoms with Crippen LogP contribution in [0.2, 0.25) is 10.0 Å². The van der Waals surface area contributed by atoms with Crippen molar-refractivity contribution in [3.8, 4) is 0 Å². The normalized spacial score (nSPS) is 11.2. The molecule has 0 aliphatic carbocycles. The number of thioether (sulfide) groups is 1. The number of amides is 3. The molecular weight excluding hydrogens is 589 g/mol. The Morgan fingerprint density at radius 3 is 2.24 bits per heavy atom. The fourth-order valence-electron chi connectivity index (χ4n) is 3.88. The summed E-state index contributed by atoms with van der Waals surface area (Å²) >= 11 is 13.7. The quantitative estimate of drug-likeness (QED) is 0.123. The lowest BCUT2D eigenvalue weighted by Gasteiger charge is -2.13. The number of benzene rings is 4. The molecule has 9 heteroatoms. The highest BCUT2D eigenvalue weighted by molar-refractivity contribution is 8.00. The number of nitrogens with one attached hydrogen (secondary N) is 3. The van der Waals surface area contributed by atoms with Gasteiger partial charge in [-0.15, -0.1) is 11.8 Å². The molecule has 4 aromatic carbocycles. The van der Waals surface area contributed by atoms with E-state index in [4.69, 9.17) is 23.2 Å². The van der Waals surface area contributed by atoms with Gasteiger partial charge >= 0.3 is 0 Å². The fraction of sp³-hybridized carbons (Fsp3) is 0.121. The summed E-state index contributed by atoms with van der Waals surface area (Å²) in [5.41, 5.74) is 3.34. The summed E-state index contributed by atoms with van der Waals surface area (Å²) < 4.78 is 0. The second-order valence-electron chi connectivity index (χ2n) is 9.64. The number of carbonyl (C=O) groups is 3. The largest absolute Gasteiger partial charge is 0.325 e. The lowest BCUT2D eigenvalue weighted by atomic mass is 10.0. The number of rotatable bonds is 10. The van der Waals surface area contributed by atoms with Gasteiger partial charge < -0.3 is 16.0 Å². The highest BCUT2D eigenvalue weighted by Gasteiger charge is 2.16. The summed E-state index contributed by atoms with van der Waals surface area (Å²) in [7, 11) is 0. The second kappa shape index (κ2) is 14.7. The predicted molar refractivity (Wildman–Crippen MR) is 173 cm³/mol. The Hall–Kier alpha value is -4.04. The van der Waals surface area contributed by atoms with Crippen molar-refractivity contribution in [2.75, 3.05) is 16.4 Å². The molecule has 6 nitrogen and oxygen atoms in total. The van der Waals surface area contributed by atoms with E-state index in [1.54, 1.807) is 66.7 Å². The summed E-state index contributed by atoms with van der Waals surface area (Å²) in [6.07, 6.45) is 1.49. The van der Waals surface area contributed by atoms with Crippen molar-refractivity contribution in [1.82, 2.24) is 5.32 Å². The maximum absolute atomic E-state index is 13.4. The van der Waals surface area contributed by atoms with Gasteiger partial charge in [0.15, 0.2) is 0 Å². The minimum Gasteiger partial charge on any atom is -0.325 e. The van der Waals surface area contributed by atoms with Gasteiger partial charge in [0.2, 0.25) is 5.91 Å². The molecular formula is C33H29Cl2N3O3S. The smallest absolute Gasteiger partial charge is 0.272 e. The molecule has 4 aromatic rings. The summed E-state index contributed by atoms with van der Waals surface area (Å²) in [4.78, 5) is 39.6. The molecule has 3 N–H and O–H groups in total. The molecule has 0 radical (unpaired) electrons. The van der Waals surface area contributed by atoms with Gasteiger partial charge in [-0.1, -0.05) is 79.5 Å². The highest BCUT2D eigenvalue weighted by atomic mass is 35.5. The van der Waals surface area contributed by atoms with Crippen LogP contribution in [0.1, 0.15) is 41.3 Å². The molecule has 0 unspecified atom stereocenters. The summed E-state index contributed by atoms with van der Waals surface area (Å²) in [6, 6.07) is 28.4. The third-order valence-corrected chi connectivity index (χ3v) is 7.67. The number of anilines is 2. The van der Waals surface area contributed by atoms with Crippen LogP contribution in [-0.2, 0) is 9.59 Å². The van der Waals surface area contributed by atoms with Gasteiger partial charge in [-0.3, -0.25) is 14.4 Å². The average Bonchev–Trinajstić information content (AvgIpc) is 2.98. The summed E-state index contributed by atoms with van der Waals surface area (Å²) in [5.74, 6) is -0.525. The van der Waals surface area contributed by atoms with E-state index in [0.717, 1.165) is 10.6 Å². The van der Waals surface area contributed by atoms with Gasteiger partial charge in [0, 0.05) is 31.9 Å². The molecule has 3 amide bonds. The molecule has 0 aromatic heterocycles. The van der Waals surface area contributed by atoms with Crippen LogP contribution < -0.4 is 16.0 Å². The van der Waals surface area contributed by atoms with Crippen LogP contribution in [0.15, 0.2) is 108 Å². The molecule has 42 heavy (non-hydrogen) atoms. The van der Waals surface area contributed by atoms with Gasteiger partial charge in [0.25, 0.3) is 11.8 Å². The van der Waals surface area contributed by atoms with E-state index in [0.29, 0.717) is 32.8 Å². The van der Waals surface area contributed by atoms with Crippen LogP contribution >= 0.6 is 35.0 Å². The first kappa shape index (κ1) is 30.9. The first-order chi connectivity index (χ1) is 20.2. The van der Waals surface area contributed by atoms with Gasteiger partial charge in [0.1, 0.15) is 5.70 Å². The molecule has 0 saturated carbocycles. The standard InChI is InChI=1S/C33H29Cl2N3O3S/c1-21(2)22-12-15-26(16-13-22)36-31(39)20-42-28-10-6-9-27(19-28)37-33(41)30(17-24-11-14-25(34)18-29(24)35)38-32(40)23-7-4-3-5-8-23/h3-19,21H,20H2,1-2H3,(H,36,39)(H,37,41)(H,38,40)/b30-17+. The van der Waals surface area contributed by atoms with Crippen molar-refractivity contribution in [1.29, 1.82) is 0 Å². The fourth-order valence-corrected chi connectivity index (χ4v) is 5.09. The Kier molecular flexibility index (Phi) is 10.8. The van der Waals surface area contributed by atoms with Crippen LogP contribution in [0, 0.1) is 0 Å². The van der Waals surface area contributed by atoms with Gasteiger partial charge in [0.05, 0.1) is 5.75 Å². The van der Waals surface area contributed by atoms with E-state index < -0.39 is 11.8 Å². The molecule has 0 saturated heterocycles. The molecule has 0 aliphatic rings. The molecule has 0 atom stereocenters. The van der Waals surface area contributed by atoms with Gasteiger partial charge in [-0.05, 0) is 77.7 Å². The van der Waals surface area contributed by atoms with E-state index in [2.05, 4.69) is 29.8 Å². The number of hydrogen-bond acceptors (Lipinski definition) is 4. The third kappa shape index (κ3) is 8.98. The Morgan fingerprint density at radius 2 is 1.55 bits per heavy atom. The Balaban J connectivity index is 1.44. The molecule has 0 aliphatic heterocycles. The van der Waals surface area contributed by atoms with Crippen molar-refractivity contribution in [2.45, 2.75) is 24.7 Å². The van der Waals surface area contributed by atoms with Crippen molar-refractivity contribution < 1.29 is 14.4 Å². The minimum atomic E-state index is -0.546. The van der Waals surface area contributed by atoms with Crippen molar-refractivity contribution in [3.63, 3.8) is 0 Å². The first-order valence-electron chi connectivity index (χ1n) is 13.1. The topological polar surface area (TPSA) is 87.3 Å². The van der Waals surface area contributed by atoms with Crippen molar-refractivity contribution >= 4 is 70.1 Å². The number of carbonyl (C=O) groups excluding carboxylic acids is 3. The maximum Gasteiger partial charge on any atom is 0.272 e. The van der Waals surface area contributed by atoms with Gasteiger partial charge in [-0.2, -0.15) is 0 Å². The van der Waals surface area contributed by atoms with E-state index in [-0.39, 0.29) is 17.4 Å². The number of halogens is 2. The monoisotopic (exact) mass is 617 g/mol. The van der Waals surface area contributed by atoms with Crippen molar-refractivity contribution in [3.05, 3.63) is 129 Å². The number of hydrogen-bond donors (Lipinski definition) is 3. The van der Waals surface area contributed by atoms with E-state index in [1.165, 1.54) is 23.4 Å². The van der Waals surface area contributed by atoms with Crippen LogP contribution in [0.3, 0.4) is 0 Å². The van der Waals surface area contributed by atoms with E-state index in [9.17, 15) is 14.4 Å². The Morgan fingerprint density at radius 1 is 0.810 bits per heavy atom. The lowest BCUT2D eigenvalue weighted by Crippen LogP contribution is -2.30. The van der Waals surface area contributed by atoms with Crippen molar-refractivity contribution in [2.24, 2.45) is 0 Å². The van der Waals surface area contributed by atoms with Crippen LogP contribution in [0.4, 0.5) is 11.4 Å². The average molecular weight is 619 g/mol. The molecule has 0 spiro atoms. The zero-order valence-electron chi connectivity index (χ0n) is 23.0. The first-order valence-corrected chi connectivity index (χ1v) is 14.9. The lowest BCUT2D eigenvalue weighted by molar-refractivity contribution is -0.114. The summed E-state index contributed by atoms with van der Waals surface area (Å²) in [5, 5.41) is 9.20. The molecule has 0 heterocycles. The maximum atomic E-state index is 13.4. The highest BCUT2D eigenvalue weighted by Crippen LogP contribution is 2.25. The second-order valence-corrected chi connectivity index (χ2v) is 11.5. The SMILES string of the molecule is CC(C)c1ccc(NC(=O)CSc2cccc(NC(=O)/C(=C\c3ccc(Cl)cc3Cl)NC(=O)c3ccccc3)c2)cc1. The molecule has 4 rings (SSSR count). The molecule has 0 fully saturated rings. The zero-order chi connectivity index (χ0) is 30.1. The van der Waals surface area contributed by atoms with E-state index in [1.807, 2.05) is 30.3 Å². The Bertz CT molecular complexity index is 1610. The van der Waals surface area contributed by atoms with Crippen LogP contribution in [0.5, 0.6) is 0 Å². The summed E-state index contributed by atoms with van der Waals surface area (Å²) in [6.45, 7) is 4.24. The molecule has 0 bridgehead atoms. The van der Waals surface area contributed by atoms with Crippen LogP contribution in [0.25, 0.3) is 6.08 Å². The van der Waals surface area contributed by atoms with Gasteiger partial charge in [-0.25, -0.2) is 0 Å². The predicted octanol–water partition coefficient (Wildman–Crippen LogP) is 8.26. The van der Waals surface area contributed by atoms with E-state index >= 15 is 0 Å².